The van der Waals surface area contributed by atoms with Gasteiger partial charge in [-0.3, -0.25) is 9.93 Å². The number of para-hydroxylation sites is 1. The molecule has 0 bridgehead atoms. The van der Waals surface area contributed by atoms with Gasteiger partial charge in [0, 0.05) is 0 Å². The molecule has 3 N–H and O–H groups in total. The van der Waals surface area contributed by atoms with Crippen LogP contribution in [0.25, 0.3) is 20.1 Å². The van der Waals surface area contributed by atoms with Crippen LogP contribution in [0.15, 0.2) is 28.6 Å². The van der Waals surface area contributed by atoms with Crippen LogP contribution >= 0.6 is 34.6 Å². The third-order valence-electron chi connectivity index (χ3n) is 2.61. The average molecular weight is 337 g/mol. The normalized spacial score (nSPS) is 10.9. The van der Waals surface area contributed by atoms with Gasteiger partial charge in [-0.15, -0.1) is 22.7 Å². The lowest BCUT2D eigenvalue weighted by Gasteiger charge is -1.93. The van der Waals surface area contributed by atoms with Crippen molar-refractivity contribution in [2.45, 2.75) is 4.34 Å². The van der Waals surface area contributed by atoms with Crippen LogP contribution in [0, 0.1) is 0 Å². The van der Waals surface area contributed by atoms with Crippen LogP contribution in [0.4, 0.5) is 0 Å². The summed E-state index contributed by atoms with van der Waals surface area (Å²) in [6.07, 6.45) is 0. The zero-order chi connectivity index (χ0) is 15.0. The topological polar surface area (TPSA) is 106 Å². The number of hydrogen-bond donors (Lipinski definition) is 2. The van der Waals surface area contributed by atoms with Gasteiger partial charge in [-0.05, 0) is 24.1 Å². The second kappa shape index (κ2) is 5.53. The van der Waals surface area contributed by atoms with Gasteiger partial charge in [0.2, 0.25) is 0 Å². The molecule has 0 aliphatic carbocycles. The van der Waals surface area contributed by atoms with E-state index < -0.39 is 11.8 Å². The SMILES string of the molecule is NSc1nc(C(=O)C(=O)O)c(-c2nc3ccccc3s2)s1. The lowest BCUT2D eigenvalue weighted by atomic mass is 10.2. The van der Waals surface area contributed by atoms with Crippen molar-refractivity contribution < 1.29 is 14.7 Å². The van der Waals surface area contributed by atoms with Gasteiger partial charge in [0.15, 0.2) is 4.34 Å². The Kier molecular flexibility index (Phi) is 3.72. The largest absolute Gasteiger partial charge is 0.475 e. The molecule has 0 atom stereocenters. The minimum atomic E-state index is -1.55. The molecule has 1 aromatic carbocycles. The van der Waals surface area contributed by atoms with Crippen molar-refractivity contribution in [3.05, 3.63) is 30.0 Å². The first kappa shape index (κ1) is 14.1. The number of carboxylic acid groups (broad SMARTS) is 1. The van der Waals surface area contributed by atoms with Crippen LogP contribution in [-0.2, 0) is 4.79 Å². The summed E-state index contributed by atoms with van der Waals surface area (Å²) in [6, 6.07) is 7.52. The van der Waals surface area contributed by atoms with Crippen molar-refractivity contribution in [1.29, 1.82) is 0 Å². The summed E-state index contributed by atoms with van der Waals surface area (Å²) in [4.78, 5) is 31.5. The highest BCUT2D eigenvalue weighted by molar-refractivity contribution is 7.98. The number of fused-ring (bicyclic) bond motifs is 1. The van der Waals surface area contributed by atoms with E-state index in [1.165, 1.54) is 11.3 Å². The van der Waals surface area contributed by atoms with E-state index in [1.807, 2.05) is 24.3 Å². The number of thiazole rings is 2. The summed E-state index contributed by atoms with van der Waals surface area (Å²) >= 11 is 3.42. The highest BCUT2D eigenvalue weighted by Gasteiger charge is 2.26. The molecule has 0 amide bonds. The third-order valence-corrected chi connectivity index (χ3v) is 5.48. The van der Waals surface area contributed by atoms with Crippen molar-refractivity contribution in [3.63, 3.8) is 0 Å². The fourth-order valence-electron chi connectivity index (χ4n) is 1.72. The summed E-state index contributed by atoms with van der Waals surface area (Å²) in [5, 5.41) is 14.9. The van der Waals surface area contributed by atoms with Crippen molar-refractivity contribution >= 4 is 56.6 Å². The fourth-order valence-corrected chi connectivity index (χ4v) is 4.14. The van der Waals surface area contributed by atoms with E-state index >= 15 is 0 Å². The molecule has 106 valence electrons. The second-order valence-electron chi connectivity index (χ2n) is 3.90. The van der Waals surface area contributed by atoms with Crippen LogP contribution in [0.3, 0.4) is 0 Å². The van der Waals surface area contributed by atoms with Gasteiger partial charge < -0.3 is 5.11 Å². The molecular formula is C12H7N3O3S3. The second-order valence-corrected chi connectivity index (χ2v) is 6.81. The van der Waals surface area contributed by atoms with Crippen LogP contribution in [0.2, 0.25) is 0 Å². The Balaban J connectivity index is 2.18. The zero-order valence-corrected chi connectivity index (χ0v) is 12.7. The quantitative estimate of drug-likeness (QED) is 0.428. The standard InChI is InChI=1S/C12H7N3O3S3/c13-21-12-15-7(8(16)11(17)18)9(20-12)10-14-5-3-1-2-4-6(5)19-10/h1-4H,13H2,(H,17,18). The molecule has 3 aromatic rings. The van der Waals surface area contributed by atoms with Crippen molar-refractivity contribution in [1.82, 2.24) is 9.97 Å². The number of rotatable bonds is 4. The average Bonchev–Trinajstić information content (AvgIpc) is 3.09. The Morgan fingerprint density at radius 1 is 1.19 bits per heavy atom. The first-order valence-electron chi connectivity index (χ1n) is 5.61. The predicted molar refractivity (Wildman–Crippen MR) is 82.7 cm³/mol. The minimum Gasteiger partial charge on any atom is -0.475 e. The van der Waals surface area contributed by atoms with Crippen LogP contribution in [-0.4, -0.2) is 26.8 Å². The molecular weight excluding hydrogens is 330 g/mol. The first-order valence-corrected chi connectivity index (χ1v) is 8.12. The lowest BCUT2D eigenvalue weighted by molar-refractivity contribution is -0.131. The van der Waals surface area contributed by atoms with Crippen molar-refractivity contribution in [2.75, 3.05) is 0 Å². The van der Waals surface area contributed by atoms with E-state index in [-0.39, 0.29) is 5.69 Å². The van der Waals surface area contributed by atoms with Crippen molar-refractivity contribution in [2.24, 2.45) is 5.14 Å². The Bertz CT molecular complexity index is 823. The van der Waals surface area contributed by atoms with E-state index in [9.17, 15) is 9.59 Å². The summed E-state index contributed by atoms with van der Waals surface area (Å²) < 4.78 is 1.38. The number of aromatic nitrogens is 2. The van der Waals surface area contributed by atoms with E-state index in [4.69, 9.17) is 10.2 Å². The number of nitrogens with two attached hydrogens (primary N) is 1. The maximum atomic E-state index is 11.8. The summed E-state index contributed by atoms with van der Waals surface area (Å²) in [5.74, 6) is -2.60. The summed E-state index contributed by atoms with van der Waals surface area (Å²) in [6.45, 7) is 0. The minimum absolute atomic E-state index is 0.112. The third kappa shape index (κ3) is 2.56. The molecule has 0 aliphatic rings. The Morgan fingerprint density at radius 2 is 1.95 bits per heavy atom. The van der Waals surface area contributed by atoms with Gasteiger partial charge in [0.1, 0.15) is 10.7 Å². The molecule has 0 saturated heterocycles. The molecule has 6 nitrogen and oxygen atoms in total. The number of Topliss-reactive ketones (excluding diaryl/α,β-unsaturated/α-hetero) is 1. The number of aliphatic carboxylic acids is 1. The smallest absolute Gasteiger partial charge is 0.378 e. The monoisotopic (exact) mass is 337 g/mol. The van der Waals surface area contributed by atoms with Gasteiger partial charge in [0.25, 0.3) is 5.78 Å². The Morgan fingerprint density at radius 3 is 2.62 bits per heavy atom. The Hall–Kier alpha value is -1.81. The Labute approximate surface area is 130 Å². The molecule has 0 fully saturated rings. The van der Waals surface area contributed by atoms with E-state index in [1.54, 1.807) is 0 Å². The number of carbonyl (C=O) groups excluding carboxylic acids is 1. The van der Waals surface area contributed by atoms with Gasteiger partial charge in [-0.1, -0.05) is 12.1 Å². The number of hydrogen-bond acceptors (Lipinski definition) is 8. The van der Waals surface area contributed by atoms with Gasteiger partial charge in [0.05, 0.1) is 15.1 Å². The molecule has 0 unspecified atom stereocenters. The maximum absolute atomic E-state index is 11.8. The molecule has 2 heterocycles. The number of carboxylic acids is 1. The molecule has 3 rings (SSSR count). The molecule has 0 radical (unpaired) electrons. The summed E-state index contributed by atoms with van der Waals surface area (Å²) in [7, 11) is 0. The van der Waals surface area contributed by atoms with Crippen molar-refractivity contribution in [3.8, 4) is 9.88 Å². The van der Waals surface area contributed by atoms with Crippen LogP contribution < -0.4 is 5.14 Å². The molecule has 0 aliphatic heterocycles. The summed E-state index contributed by atoms with van der Waals surface area (Å²) in [5.41, 5.74) is 0.682. The highest BCUT2D eigenvalue weighted by Crippen LogP contribution is 2.38. The van der Waals surface area contributed by atoms with Crippen LogP contribution in [0.1, 0.15) is 10.5 Å². The maximum Gasteiger partial charge on any atom is 0.378 e. The molecule has 0 saturated carbocycles. The van der Waals surface area contributed by atoms with E-state index in [0.717, 1.165) is 33.5 Å². The number of carbonyl (C=O) groups is 2. The fraction of sp³-hybridized carbons (Fsp3) is 0. The highest BCUT2D eigenvalue weighted by atomic mass is 32.2. The number of ketones is 1. The molecule has 0 spiro atoms. The van der Waals surface area contributed by atoms with Gasteiger partial charge >= 0.3 is 5.97 Å². The predicted octanol–water partition coefficient (Wildman–Crippen LogP) is 2.65. The van der Waals surface area contributed by atoms with E-state index in [2.05, 4.69) is 9.97 Å². The zero-order valence-electron chi connectivity index (χ0n) is 10.3. The van der Waals surface area contributed by atoms with E-state index in [0.29, 0.717) is 14.2 Å². The first-order chi connectivity index (χ1) is 10.1. The molecule has 21 heavy (non-hydrogen) atoms. The molecule has 2 aromatic heterocycles. The number of nitrogens with zero attached hydrogens (tertiary/aromatic N) is 2. The number of benzene rings is 1. The van der Waals surface area contributed by atoms with Crippen LogP contribution in [0.5, 0.6) is 0 Å². The molecule has 9 heteroatoms. The van der Waals surface area contributed by atoms with Gasteiger partial charge in [-0.2, -0.15) is 0 Å². The van der Waals surface area contributed by atoms with Gasteiger partial charge in [-0.25, -0.2) is 14.8 Å². The lowest BCUT2D eigenvalue weighted by Crippen LogP contribution is -2.14.